The molecule has 150 valence electrons. The van der Waals surface area contributed by atoms with Crippen LogP contribution in [-0.2, 0) is 0 Å². The third-order valence-electron chi connectivity index (χ3n) is 4.96. The van der Waals surface area contributed by atoms with Gasteiger partial charge in [-0.25, -0.2) is 4.98 Å². The van der Waals surface area contributed by atoms with Crippen LogP contribution in [0.2, 0.25) is 5.02 Å². The first-order chi connectivity index (χ1) is 13.2. The second kappa shape index (κ2) is 9.41. The molecular formula is C20H24BrClN4OS. The second-order valence-corrected chi connectivity index (χ2v) is 8.17. The van der Waals surface area contributed by atoms with E-state index in [1.54, 1.807) is 18.4 Å². The lowest BCUT2D eigenvalue weighted by Gasteiger charge is -2.37. The Morgan fingerprint density at radius 3 is 2.61 bits per heavy atom. The van der Waals surface area contributed by atoms with E-state index in [9.17, 15) is 0 Å². The van der Waals surface area contributed by atoms with Crippen LogP contribution in [0.25, 0.3) is 10.2 Å². The molecule has 2 N–H and O–H groups in total. The highest BCUT2D eigenvalue weighted by Gasteiger charge is 2.22. The molecule has 5 nitrogen and oxygen atoms in total. The fourth-order valence-corrected chi connectivity index (χ4v) is 4.77. The summed E-state index contributed by atoms with van der Waals surface area (Å²) in [6, 6.07) is 13.9. The normalized spacial score (nSPS) is 16.0. The fraction of sp³-hybridized carbons (Fsp3) is 0.350. The molecule has 4 rings (SSSR count). The number of rotatable bonds is 5. The molecule has 0 aliphatic carbocycles. The van der Waals surface area contributed by atoms with Gasteiger partial charge in [0.15, 0.2) is 0 Å². The number of fused-ring (bicyclic) bond motifs is 1. The number of hydrogen-bond donors (Lipinski definition) is 1. The van der Waals surface area contributed by atoms with Crippen LogP contribution in [0.15, 0.2) is 42.5 Å². The minimum atomic E-state index is -0.101. The van der Waals surface area contributed by atoms with E-state index in [0.717, 1.165) is 59.4 Å². The van der Waals surface area contributed by atoms with Crippen LogP contribution in [0.4, 0.5) is 5.69 Å². The molecule has 0 bridgehead atoms. The van der Waals surface area contributed by atoms with Gasteiger partial charge in [-0.05, 0) is 24.3 Å². The Labute approximate surface area is 184 Å². The predicted molar refractivity (Wildman–Crippen MR) is 124 cm³/mol. The van der Waals surface area contributed by atoms with Gasteiger partial charge in [0.25, 0.3) is 0 Å². The standard InChI is InChI=1S/C20H23ClN4OS.BrH/c1-26-17-7-3-2-6-16(17)25-11-9-24(10-12-25)13-15(22)20-23-19-14(21)5-4-8-18(19)27-20;/h2-8,15H,9-13,22H2,1H3;1H. The Morgan fingerprint density at radius 2 is 1.89 bits per heavy atom. The molecular weight excluding hydrogens is 460 g/mol. The molecule has 0 amide bonds. The van der Waals surface area contributed by atoms with Crippen molar-refractivity contribution in [2.24, 2.45) is 5.73 Å². The monoisotopic (exact) mass is 482 g/mol. The third-order valence-corrected chi connectivity index (χ3v) is 6.41. The number of piperazine rings is 1. The summed E-state index contributed by atoms with van der Waals surface area (Å²) in [6.07, 6.45) is 0. The quantitative estimate of drug-likeness (QED) is 0.584. The van der Waals surface area contributed by atoms with Gasteiger partial charge in [-0.3, -0.25) is 4.90 Å². The summed E-state index contributed by atoms with van der Waals surface area (Å²) < 4.78 is 6.58. The van der Waals surface area contributed by atoms with E-state index in [-0.39, 0.29) is 23.0 Å². The average molecular weight is 484 g/mol. The first-order valence-corrected chi connectivity index (χ1v) is 10.3. The minimum Gasteiger partial charge on any atom is -0.495 e. The van der Waals surface area contributed by atoms with Crippen LogP contribution in [0, 0.1) is 0 Å². The second-order valence-electron chi connectivity index (χ2n) is 6.70. The van der Waals surface area contributed by atoms with E-state index in [1.165, 1.54) is 0 Å². The number of hydrogen-bond acceptors (Lipinski definition) is 6. The van der Waals surface area contributed by atoms with E-state index in [0.29, 0.717) is 5.02 Å². The van der Waals surface area contributed by atoms with E-state index in [1.807, 2.05) is 30.3 Å². The lowest BCUT2D eigenvalue weighted by molar-refractivity contribution is 0.242. The van der Waals surface area contributed by atoms with Crippen LogP contribution in [0.5, 0.6) is 5.75 Å². The molecule has 1 aliphatic heterocycles. The summed E-state index contributed by atoms with van der Waals surface area (Å²) in [5.74, 6) is 0.925. The van der Waals surface area contributed by atoms with Gasteiger partial charge in [0.05, 0.1) is 28.6 Å². The van der Waals surface area contributed by atoms with Gasteiger partial charge in [-0.1, -0.05) is 29.8 Å². The topological polar surface area (TPSA) is 54.6 Å². The number of thiazole rings is 1. The van der Waals surface area contributed by atoms with Gasteiger partial charge < -0.3 is 15.4 Å². The number of methoxy groups -OCH3 is 1. The summed E-state index contributed by atoms with van der Waals surface area (Å²) in [6.45, 7) is 4.66. The van der Waals surface area contributed by atoms with Gasteiger partial charge in [0.2, 0.25) is 0 Å². The molecule has 1 unspecified atom stereocenters. The van der Waals surface area contributed by atoms with Crippen molar-refractivity contribution in [3.8, 4) is 5.75 Å². The smallest absolute Gasteiger partial charge is 0.142 e. The van der Waals surface area contributed by atoms with Crippen molar-refractivity contribution >= 4 is 55.8 Å². The Balaban J connectivity index is 0.00000225. The highest BCUT2D eigenvalue weighted by atomic mass is 79.9. The molecule has 2 heterocycles. The van der Waals surface area contributed by atoms with E-state index in [2.05, 4.69) is 26.9 Å². The number of nitrogens with two attached hydrogens (primary N) is 1. The highest BCUT2D eigenvalue weighted by Crippen LogP contribution is 2.31. The predicted octanol–water partition coefficient (Wildman–Crippen LogP) is 4.36. The minimum absolute atomic E-state index is 0. The molecule has 1 aliphatic rings. The number of benzene rings is 2. The largest absolute Gasteiger partial charge is 0.495 e. The van der Waals surface area contributed by atoms with Crippen LogP contribution < -0.4 is 15.4 Å². The number of halogens is 2. The molecule has 2 aromatic carbocycles. The maximum absolute atomic E-state index is 6.46. The van der Waals surface area contributed by atoms with Crippen LogP contribution in [0.3, 0.4) is 0 Å². The summed E-state index contributed by atoms with van der Waals surface area (Å²) in [4.78, 5) is 9.45. The van der Waals surface area contributed by atoms with Crippen LogP contribution >= 0.6 is 39.9 Å². The van der Waals surface area contributed by atoms with Gasteiger partial charge in [0.1, 0.15) is 16.3 Å². The molecule has 0 radical (unpaired) electrons. The zero-order chi connectivity index (χ0) is 18.8. The van der Waals surface area contributed by atoms with E-state index < -0.39 is 0 Å². The first-order valence-electron chi connectivity index (χ1n) is 9.06. The van der Waals surface area contributed by atoms with Crippen molar-refractivity contribution in [2.45, 2.75) is 6.04 Å². The number of aromatic nitrogens is 1. The summed E-state index contributed by atoms with van der Waals surface area (Å²) in [5, 5.41) is 1.64. The number of nitrogens with zero attached hydrogens (tertiary/aromatic N) is 3. The van der Waals surface area contributed by atoms with E-state index in [4.69, 9.17) is 22.1 Å². The molecule has 1 saturated heterocycles. The molecule has 1 fully saturated rings. The van der Waals surface area contributed by atoms with Crippen molar-refractivity contribution in [1.82, 2.24) is 9.88 Å². The molecule has 8 heteroatoms. The Morgan fingerprint density at radius 1 is 1.14 bits per heavy atom. The lowest BCUT2D eigenvalue weighted by Crippen LogP contribution is -2.48. The van der Waals surface area contributed by atoms with Crippen molar-refractivity contribution in [1.29, 1.82) is 0 Å². The van der Waals surface area contributed by atoms with Gasteiger partial charge >= 0.3 is 0 Å². The van der Waals surface area contributed by atoms with Crippen molar-refractivity contribution in [2.75, 3.05) is 44.7 Å². The van der Waals surface area contributed by atoms with Gasteiger partial charge in [0, 0.05) is 32.7 Å². The van der Waals surface area contributed by atoms with Crippen LogP contribution in [-0.4, -0.2) is 49.7 Å². The molecule has 3 aromatic rings. The Kier molecular flexibility index (Phi) is 7.17. The molecule has 28 heavy (non-hydrogen) atoms. The SMILES string of the molecule is Br.COc1ccccc1N1CCN(CC(N)c2nc3c(Cl)cccc3s2)CC1. The molecule has 1 aromatic heterocycles. The van der Waals surface area contributed by atoms with Crippen molar-refractivity contribution in [3.05, 3.63) is 52.5 Å². The zero-order valence-electron chi connectivity index (χ0n) is 15.7. The number of anilines is 1. The fourth-order valence-electron chi connectivity index (χ4n) is 3.51. The van der Waals surface area contributed by atoms with Gasteiger partial charge in [-0.15, -0.1) is 28.3 Å². The van der Waals surface area contributed by atoms with E-state index >= 15 is 0 Å². The molecule has 1 atom stereocenters. The summed E-state index contributed by atoms with van der Waals surface area (Å²) in [7, 11) is 1.72. The maximum Gasteiger partial charge on any atom is 0.142 e. The Bertz CT molecular complexity index is 929. The summed E-state index contributed by atoms with van der Waals surface area (Å²) >= 11 is 7.88. The van der Waals surface area contributed by atoms with Crippen LogP contribution in [0.1, 0.15) is 11.0 Å². The average Bonchev–Trinajstić information content (AvgIpc) is 3.14. The summed E-state index contributed by atoms with van der Waals surface area (Å²) in [5.41, 5.74) is 8.47. The third kappa shape index (κ3) is 4.44. The van der Waals surface area contributed by atoms with Crippen molar-refractivity contribution < 1.29 is 4.74 Å². The first kappa shape index (κ1) is 21.3. The van der Waals surface area contributed by atoms with Gasteiger partial charge in [-0.2, -0.15) is 0 Å². The molecule has 0 saturated carbocycles. The highest BCUT2D eigenvalue weighted by molar-refractivity contribution is 8.93. The number of ether oxygens (including phenoxy) is 1. The molecule has 0 spiro atoms. The zero-order valence-corrected chi connectivity index (χ0v) is 19.0. The maximum atomic E-state index is 6.46. The Hall–Kier alpha value is -1.38. The lowest BCUT2D eigenvalue weighted by atomic mass is 10.2. The van der Waals surface area contributed by atoms with Crippen molar-refractivity contribution in [3.63, 3.8) is 0 Å². The number of para-hydroxylation sites is 3.